The summed E-state index contributed by atoms with van der Waals surface area (Å²) in [5.74, 6) is -0.269. The average Bonchev–Trinajstić information content (AvgIpc) is 3.00. The van der Waals surface area contributed by atoms with E-state index in [9.17, 15) is 9.90 Å². The third-order valence-electron chi connectivity index (χ3n) is 3.44. The summed E-state index contributed by atoms with van der Waals surface area (Å²) in [6.07, 6.45) is 2.00. The molecule has 7 heteroatoms. The van der Waals surface area contributed by atoms with Gasteiger partial charge in [0.25, 0.3) is 5.91 Å². The van der Waals surface area contributed by atoms with Crippen LogP contribution in [0.3, 0.4) is 0 Å². The van der Waals surface area contributed by atoms with E-state index in [0.29, 0.717) is 24.2 Å². The first kappa shape index (κ1) is 13.7. The number of likely N-dealkylation sites (N-methyl/N-ethyl adjacent to an activating group) is 1. The quantitative estimate of drug-likeness (QED) is 0.896. The van der Waals surface area contributed by atoms with Crippen molar-refractivity contribution < 1.29 is 9.90 Å². The zero-order valence-corrected chi connectivity index (χ0v) is 13.1. The highest BCUT2D eigenvalue weighted by atomic mass is 79.9. The number of amides is 1. The fraction of sp³-hybridized carbons (Fsp3) is 0.308. The van der Waals surface area contributed by atoms with Crippen LogP contribution >= 0.6 is 27.3 Å². The van der Waals surface area contributed by atoms with Crippen LogP contribution in [0.25, 0.3) is 10.7 Å². The molecule has 5 nitrogen and oxygen atoms in total. The van der Waals surface area contributed by atoms with Crippen LogP contribution in [0, 0.1) is 0 Å². The standard InChI is InChI=1S/C13H12BrN3O2S/c1-17-5-3-13(19,12(17)18)8-2-4-15-9(6-8)11-16-10(14)7-20-11/h2,4,6-7,19H,3,5H2,1H3/t13-/m0/s1. The lowest BCUT2D eigenvalue weighted by Gasteiger charge is -2.21. The van der Waals surface area contributed by atoms with Crippen molar-refractivity contribution in [2.24, 2.45) is 0 Å². The van der Waals surface area contributed by atoms with E-state index >= 15 is 0 Å². The van der Waals surface area contributed by atoms with Crippen molar-refractivity contribution in [3.63, 3.8) is 0 Å². The van der Waals surface area contributed by atoms with E-state index in [0.717, 1.165) is 9.61 Å². The van der Waals surface area contributed by atoms with Crippen LogP contribution in [0.1, 0.15) is 12.0 Å². The van der Waals surface area contributed by atoms with Gasteiger partial charge in [0.2, 0.25) is 0 Å². The summed E-state index contributed by atoms with van der Waals surface area (Å²) in [4.78, 5) is 22.2. The number of thiazole rings is 1. The third-order valence-corrected chi connectivity index (χ3v) is 5.02. The number of aliphatic hydroxyl groups is 1. The number of hydrogen-bond donors (Lipinski definition) is 1. The van der Waals surface area contributed by atoms with Gasteiger partial charge >= 0.3 is 0 Å². The molecule has 0 unspecified atom stereocenters. The Morgan fingerprint density at radius 2 is 2.35 bits per heavy atom. The molecule has 1 fully saturated rings. The van der Waals surface area contributed by atoms with E-state index in [1.165, 1.54) is 11.3 Å². The molecule has 3 rings (SSSR count). The SMILES string of the molecule is CN1CC[C@](O)(c2ccnc(-c3nc(Br)cs3)c2)C1=O. The Hall–Kier alpha value is -1.31. The molecule has 0 spiro atoms. The van der Waals surface area contributed by atoms with E-state index < -0.39 is 5.60 Å². The minimum Gasteiger partial charge on any atom is -0.375 e. The number of nitrogens with zero attached hydrogens (tertiary/aromatic N) is 3. The van der Waals surface area contributed by atoms with Crippen molar-refractivity contribution in [3.05, 3.63) is 33.9 Å². The summed E-state index contributed by atoms with van der Waals surface area (Å²) in [5, 5.41) is 13.3. The number of carbonyl (C=O) groups excluding carboxylic acids is 1. The van der Waals surface area contributed by atoms with Crippen LogP contribution in [0.5, 0.6) is 0 Å². The maximum absolute atomic E-state index is 12.1. The molecule has 1 saturated heterocycles. The van der Waals surface area contributed by atoms with E-state index in [-0.39, 0.29) is 5.91 Å². The van der Waals surface area contributed by atoms with Crippen molar-refractivity contribution in [2.45, 2.75) is 12.0 Å². The molecule has 0 saturated carbocycles. The van der Waals surface area contributed by atoms with Crippen LogP contribution in [0.2, 0.25) is 0 Å². The van der Waals surface area contributed by atoms with Crippen molar-refractivity contribution in [3.8, 4) is 10.7 Å². The minimum atomic E-state index is -1.44. The zero-order chi connectivity index (χ0) is 14.3. The molecular formula is C13H12BrN3O2S. The van der Waals surface area contributed by atoms with Gasteiger partial charge in [0.1, 0.15) is 9.61 Å². The van der Waals surface area contributed by atoms with Crippen LogP contribution in [-0.2, 0) is 10.4 Å². The van der Waals surface area contributed by atoms with Crippen LogP contribution in [0.15, 0.2) is 28.3 Å². The van der Waals surface area contributed by atoms with E-state index in [4.69, 9.17) is 0 Å². The first-order chi connectivity index (χ1) is 9.50. The molecule has 1 aliphatic heterocycles. The predicted molar refractivity (Wildman–Crippen MR) is 79.2 cm³/mol. The number of carbonyl (C=O) groups is 1. The van der Waals surface area contributed by atoms with E-state index in [2.05, 4.69) is 25.9 Å². The Bertz CT molecular complexity index is 675. The van der Waals surface area contributed by atoms with Gasteiger partial charge in [-0.05, 0) is 33.6 Å². The summed E-state index contributed by atoms with van der Waals surface area (Å²) in [6.45, 7) is 0.551. The molecule has 0 aliphatic carbocycles. The summed E-state index contributed by atoms with van der Waals surface area (Å²) in [5.41, 5.74) is -0.210. The van der Waals surface area contributed by atoms with E-state index in [1.54, 1.807) is 30.3 Å². The monoisotopic (exact) mass is 353 g/mol. The average molecular weight is 354 g/mol. The minimum absolute atomic E-state index is 0.269. The second kappa shape index (κ2) is 4.91. The smallest absolute Gasteiger partial charge is 0.258 e. The second-order valence-electron chi connectivity index (χ2n) is 4.74. The Labute approximate surface area is 128 Å². The molecule has 0 aromatic carbocycles. The molecule has 1 aliphatic rings. The Balaban J connectivity index is 2.02. The van der Waals surface area contributed by atoms with Gasteiger partial charge < -0.3 is 10.0 Å². The first-order valence-corrected chi connectivity index (χ1v) is 7.74. The van der Waals surface area contributed by atoms with Crippen LogP contribution < -0.4 is 0 Å². The topological polar surface area (TPSA) is 66.3 Å². The lowest BCUT2D eigenvalue weighted by Crippen LogP contribution is -2.36. The maximum atomic E-state index is 12.1. The molecular weight excluding hydrogens is 342 g/mol. The second-order valence-corrected chi connectivity index (χ2v) is 6.41. The van der Waals surface area contributed by atoms with Gasteiger partial charge in [-0.1, -0.05) is 0 Å². The van der Waals surface area contributed by atoms with Gasteiger partial charge in [-0.2, -0.15) is 0 Å². The van der Waals surface area contributed by atoms with Gasteiger partial charge in [-0.3, -0.25) is 9.78 Å². The zero-order valence-electron chi connectivity index (χ0n) is 10.7. The van der Waals surface area contributed by atoms with Gasteiger partial charge in [-0.15, -0.1) is 11.3 Å². The third kappa shape index (κ3) is 2.15. The highest BCUT2D eigenvalue weighted by Crippen LogP contribution is 2.34. The maximum Gasteiger partial charge on any atom is 0.258 e. The summed E-state index contributed by atoms with van der Waals surface area (Å²) in [7, 11) is 1.69. The number of rotatable bonds is 2. The molecule has 1 amide bonds. The largest absolute Gasteiger partial charge is 0.375 e. The van der Waals surface area contributed by atoms with Gasteiger partial charge in [-0.25, -0.2) is 4.98 Å². The number of likely N-dealkylation sites (tertiary alicyclic amines) is 1. The van der Waals surface area contributed by atoms with Crippen LogP contribution in [0.4, 0.5) is 0 Å². The van der Waals surface area contributed by atoms with Crippen molar-refractivity contribution in [1.29, 1.82) is 0 Å². The lowest BCUT2D eigenvalue weighted by atomic mass is 9.92. The highest BCUT2D eigenvalue weighted by Gasteiger charge is 2.45. The van der Waals surface area contributed by atoms with Gasteiger partial charge in [0, 0.05) is 31.6 Å². The molecule has 2 aromatic rings. The van der Waals surface area contributed by atoms with Crippen molar-refractivity contribution in [2.75, 3.05) is 13.6 Å². The number of pyridine rings is 1. The predicted octanol–water partition coefficient (Wildman–Crippen LogP) is 2.02. The Morgan fingerprint density at radius 1 is 1.55 bits per heavy atom. The van der Waals surface area contributed by atoms with Crippen molar-refractivity contribution >= 4 is 33.2 Å². The normalized spacial score (nSPS) is 22.6. The van der Waals surface area contributed by atoms with Gasteiger partial charge in [0.15, 0.2) is 5.60 Å². The number of aromatic nitrogens is 2. The summed E-state index contributed by atoms with van der Waals surface area (Å²) in [6, 6.07) is 3.42. The Morgan fingerprint density at radius 3 is 2.95 bits per heavy atom. The fourth-order valence-electron chi connectivity index (χ4n) is 2.30. The molecule has 0 radical (unpaired) electrons. The fourth-order valence-corrected chi connectivity index (χ4v) is 3.52. The molecule has 3 heterocycles. The molecule has 1 N–H and O–H groups in total. The summed E-state index contributed by atoms with van der Waals surface area (Å²) >= 11 is 4.76. The molecule has 0 bridgehead atoms. The molecule has 20 heavy (non-hydrogen) atoms. The first-order valence-electron chi connectivity index (χ1n) is 6.06. The molecule has 1 atom stereocenters. The summed E-state index contributed by atoms with van der Waals surface area (Å²) < 4.78 is 0.750. The Kier molecular flexibility index (Phi) is 3.35. The molecule has 2 aromatic heterocycles. The molecule has 104 valence electrons. The number of halogens is 1. The lowest BCUT2D eigenvalue weighted by molar-refractivity contribution is -0.143. The van der Waals surface area contributed by atoms with Crippen molar-refractivity contribution in [1.82, 2.24) is 14.9 Å². The van der Waals surface area contributed by atoms with Gasteiger partial charge in [0.05, 0.1) is 5.69 Å². The van der Waals surface area contributed by atoms with Crippen LogP contribution in [-0.4, -0.2) is 39.5 Å². The highest BCUT2D eigenvalue weighted by molar-refractivity contribution is 9.10. The van der Waals surface area contributed by atoms with E-state index in [1.807, 2.05) is 5.38 Å². The number of hydrogen-bond acceptors (Lipinski definition) is 5.